The van der Waals surface area contributed by atoms with Gasteiger partial charge in [-0.3, -0.25) is 4.79 Å². The predicted molar refractivity (Wildman–Crippen MR) is 106 cm³/mol. The highest BCUT2D eigenvalue weighted by molar-refractivity contribution is 6.30. The monoisotopic (exact) mass is 383 g/mol. The Hall–Kier alpha value is -2.79. The van der Waals surface area contributed by atoms with Gasteiger partial charge in [0.15, 0.2) is 5.82 Å². The van der Waals surface area contributed by atoms with Gasteiger partial charge in [0.05, 0.1) is 6.10 Å². The van der Waals surface area contributed by atoms with Crippen molar-refractivity contribution < 1.29 is 9.53 Å². The molecule has 0 saturated carbocycles. The number of aromatic nitrogens is 2. The molecule has 5 nitrogen and oxygen atoms in total. The van der Waals surface area contributed by atoms with Crippen molar-refractivity contribution in [2.24, 2.45) is 0 Å². The van der Waals surface area contributed by atoms with E-state index in [9.17, 15) is 4.79 Å². The van der Waals surface area contributed by atoms with Crippen LogP contribution in [0.5, 0.6) is 5.75 Å². The Morgan fingerprint density at radius 3 is 2.44 bits per heavy atom. The summed E-state index contributed by atoms with van der Waals surface area (Å²) < 4.78 is 7.44. The highest BCUT2D eigenvalue weighted by Gasteiger charge is 2.13. The molecule has 0 aliphatic rings. The van der Waals surface area contributed by atoms with E-state index in [1.54, 1.807) is 12.4 Å². The molecule has 1 heterocycles. The number of nitrogens with zero attached hydrogens (tertiary/aromatic N) is 2. The standard InChI is InChI=1S/C21H22ClN3O2/c1-15(2)27-19-9-5-16(6-10-19)13-24-21(26)20-23-11-12-25(20)14-17-3-7-18(22)8-4-17/h3-12,15H,13-14H2,1-2H3,(H,24,26). The van der Waals surface area contributed by atoms with Gasteiger partial charge in [-0.1, -0.05) is 35.9 Å². The van der Waals surface area contributed by atoms with E-state index in [1.165, 1.54) is 0 Å². The average Bonchev–Trinajstić information content (AvgIpc) is 3.10. The number of rotatable bonds is 7. The van der Waals surface area contributed by atoms with Crippen molar-refractivity contribution in [3.63, 3.8) is 0 Å². The molecule has 0 unspecified atom stereocenters. The molecule has 0 atom stereocenters. The first-order valence-corrected chi connectivity index (χ1v) is 9.18. The quantitative estimate of drug-likeness (QED) is 0.661. The molecule has 0 spiro atoms. The zero-order chi connectivity index (χ0) is 19.2. The van der Waals surface area contributed by atoms with Gasteiger partial charge >= 0.3 is 0 Å². The van der Waals surface area contributed by atoms with Crippen LogP contribution in [0, 0.1) is 0 Å². The molecule has 6 heteroatoms. The maximum Gasteiger partial charge on any atom is 0.287 e. The molecule has 0 aliphatic heterocycles. The summed E-state index contributed by atoms with van der Waals surface area (Å²) in [5.41, 5.74) is 2.04. The number of hydrogen-bond donors (Lipinski definition) is 1. The van der Waals surface area contributed by atoms with Crippen molar-refractivity contribution in [2.45, 2.75) is 33.0 Å². The molecule has 1 amide bonds. The van der Waals surface area contributed by atoms with Crippen LogP contribution in [0.3, 0.4) is 0 Å². The van der Waals surface area contributed by atoms with Crippen LogP contribution < -0.4 is 10.1 Å². The zero-order valence-corrected chi connectivity index (χ0v) is 16.1. The van der Waals surface area contributed by atoms with Gasteiger partial charge in [0.1, 0.15) is 5.75 Å². The van der Waals surface area contributed by atoms with Gasteiger partial charge in [0, 0.05) is 30.5 Å². The van der Waals surface area contributed by atoms with Crippen LogP contribution >= 0.6 is 11.6 Å². The number of nitrogens with one attached hydrogen (secondary N) is 1. The molecular formula is C21H22ClN3O2. The molecule has 2 aromatic carbocycles. The van der Waals surface area contributed by atoms with Crippen molar-refractivity contribution in [3.8, 4) is 5.75 Å². The number of hydrogen-bond acceptors (Lipinski definition) is 3. The summed E-state index contributed by atoms with van der Waals surface area (Å²) in [5, 5.41) is 3.60. The third-order valence-corrected chi connectivity index (χ3v) is 4.18. The van der Waals surface area contributed by atoms with Crippen LogP contribution in [0.1, 0.15) is 35.6 Å². The minimum atomic E-state index is -0.212. The average molecular weight is 384 g/mol. The van der Waals surface area contributed by atoms with Gasteiger partial charge in [-0.2, -0.15) is 0 Å². The van der Waals surface area contributed by atoms with Crippen LogP contribution in [-0.2, 0) is 13.1 Å². The lowest BCUT2D eigenvalue weighted by Gasteiger charge is -2.11. The number of benzene rings is 2. The summed E-state index contributed by atoms with van der Waals surface area (Å²) in [6.07, 6.45) is 3.56. The van der Waals surface area contributed by atoms with E-state index >= 15 is 0 Å². The SMILES string of the molecule is CC(C)Oc1ccc(CNC(=O)c2nccn2Cc2ccc(Cl)cc2)cc1. The van der Waals surface area contributed by atoms with Crippen LogP contribution in [0.15, 0.2) is 60.9 Å². The lowest BCUT2D eigenvalue weighted by atomic mass is 10.2. The topological polar surface area (TPSA) is 56.1 Å². The largest absolute Gasteiger partial charge is 0.491 e. The normalized spacial score (nSPS) is 10.8. The van der Waals surface area contributed by atoms with Crippen LogP contribution in [0.25, 0.3) is 0 Å². The Labute approximate surface area is 164 Å². The lowest BCUT2D eigenvalue weighted by Crippen LogP contribution is -2.26. The molecule has 3 rings (SSSR count). The zero-order valence-electron chi connectivity index (χ0n) is 15.4. The van der Waals surface area contributed by atoms with E-state index in [-0.39, 0.29) is 12.0 Å². The fourth-order valence-electron chi connectivity index (χ4n) is 2.65. The highest BCUT2D eigenvalue weighted by Crippen LogP contribution is 2.14. The first-order chi connectivity index (χ1) is 13.0. The van der Waals surface area contributed by atoms with Crippen LogP contribution in [-0.4, -0.2) is 21.6 Å². The molecule has 0 aliphatic carbocycles. The molecule has 0 fully saturated rings. The van der Waals surface area contributed by atoms with Crippen molar-refractivity contribution >= 4 is 17.5 Å². The van der Waals surface area contributed by atoms with E-state index < -0.39 is 0 Å². The Morgan fingerprint density at radius 1 is 1.11 bits per heavy atom. The second-order valence-electron chi connectivity index (χ2n) is 6.50. The van der Waals surface area contributed by atoms with Gasteiger partial charge in [0.25, 0.3) is 5.91 Å². The number of carbonyl (C=O) groups is 1. The lowest BCUT2D eigenvalue weighted by molar-refractivity contribution is 0.0936. The van der Waals surface area contributed by atoms with Crippen molar-refractivity contribution in [1.29, 1.82) is 0 Å². The number of carbonyl (C=O) groups excluding carboxylic acids is 1. The summed E-state index contributed by atoms with van der Waals surface area (Å²) in [5.74, 6) is 0.986. The van der Waals surface area contributed by atoms with Crippen molar-refractivity contribution in [1.82, 2.24) is 14.9 Å². The van der Waals surface area contributed by atoms with E-state index in [0.29, 0.717) is 23.9 Å². The molecular weight excluding hydrogens is 362 g/mol. The molecule has 1 aromatic heterocycles. The Balaban J connectivity index is 1.60. The summed E-state index contributed by atoms with van der Waals surface area (Å²) in [7, 11) is 0. The smallest absolute Gasteiger partial charge is 0.287 e. The van der Waals surface area contributed by atoms with Gasteiger partial charge < -0.3 is 14.6 Å². The molecule has 27 heavy (non-hydrogen) atoms. The second-order valence-corrected chi connectivity index (χ2v) is 6.93. The molecule has 0 saturated heterocycles. The number of amides is 1. The summed E-state index contributed by atoms with van der Waals surface area (Å²) >= 11 is 5.92. The maximum absolute atomic E-state index is 12.5. The fourth-order valence-corrected chi connectivity index (χ4v) is 2.78. The number of imidazole rings is 1. The summed E-state index contributed by atoms with van der Waals surface area (Å²) in [6.45, 7) is 4.95. The Kier molecular flexibility index (Phi) is 6.14. The van der Waals surface area contributed by atoms with Crippen molar-refractivity contribution in [2.75, 3.05) is 0 Å². The fraction of sp³-hybridized carbons (Fsp3) is 0.238. The highest BCUT2D eigenvalue weighted by atomic mass is 35.5. The van der Waals surface area contributed by atoms with Gasteiger partial charge in [0.2, 0.25) is 0 Å². The second kappa shape index (κ2) is 8.73. The minimum absolute atomic E-state index is 0.134. The molecule has 3 aromatic rings. The summed E-state index contributed by atoms with van der Waals surface area (Å²) in [4.78, 5) is 16.7. The number of halogens is 1. The minimum Gasteiger partial charge on any atom is -0.491 e. The van der Waals surface area contributed by atoms with Crippen molar-refractivity contribution in [3.05, 3.63) is 82.9 Å². The molecule has 0 bridgehead atoms. The van der Waals surface area contributed by atoms with Gasteiger partial charge in [-0.25, -0.2) is 4.98 Å². The summed E-state index contributed by atoms with van der Waals surface area (Å²) in [6, 6.07) is 15.2. The third kappa shape index (κ3) is 5.34. The Morgan fingerprint density at radius 2 is 1.78 bits per heavy atom. The third-order valence-electron chi connectivity index (χ3n) is 3.93. The van der Waals surface area contributed by atoms with E-state index in [1.807, 2.05) is 66.9 Å². The van der Waals surface area contributed by atoms with E-state index in [4.69, 9.17) is 16.3 Å². The molecule has 140 valence electrons. The van der Waals surface area contributed by atoms with E-state index in [0.717, 1.165) is 16.9 Å². The maximum atomic E-state index is 12.5. The first-order valence-electron chi connectivity index (χ1n) is 8.80. The molecule has 1 N–H and O–H groups in total. The van der Waals surface area contributed by atoms with Gasteiger partial charge in [-0.05, 0) is 49.2 Å². The molecule has 0 radical (unpaired) electrons. The van der Waals surface area contributed by atoms with E-state index in [2.05, 4.69) is 10.3 Å². The first kappa shape index (κ1) is 19.0. The van der Waals surface area contributed by atoms with Crippen LogP contribution in [0.2, 0.25) is 5.02 Å². The van der Waals surface area contributed by atoms with Crippen LogP contribution in [0.4, 0.5) is 0 Å². The Bertz CT molecular complexity index is 887. The van der Waals surface area contributed by atoms with Gasteiger partial charge in [-0.15, -0.1) is 0 Å². The number of ether oxygens (including phenoxy) is 1. The predicted octanol–water partition coefficient (Wildman–Crippen LogP) is 4.30.